The van der Waals surface area contributed by atoms with Gasteiger partial charge < -0.3 is 18.9 Å². The zero-order chi connectivity index (χ0) is 22.3. The SMILES string of the molecule is COc1ccc2sc(N(CCN3CCOCC3)C(=O)COc3ccccc3OC)nc2c1. The van der Waals surface area contributed by atoms with Crippen LogP contribution in [0.25, 0.3) is 10.2 Å². The van der Waals surface area contributed by atoms with E-state index in [1.54, 1.807) is 31.3 Å². The molecule has 0 atom stereocenters. The van der Waals surface area contributed by atoms with Gasteiger partial charge in [-0.05, 0) is 24.3 Å². The van der Waals surface area contributed by atoms with Gasteiger partial charge in [0.05, 0.1) is 37.6 Å². The number of benzene rings is 2. The molecule has 0 bridgehead atoms. The number of rotatable bonds is 9. The van der Waals surface area contributed by atoms with Crippen molar-refractivity contribution in [3.05, 3.63) is 42.5 Å². The molecule has 1 aliphatic heterocycles. The van der Waals surface area contributed by atoms with E-state index < -0.39 is 0 Å². The Balaban J connectivity index is 1.53. The van der Waals surface area contributed by atoms with E-state index in [0.29, 0.717) is 36.4 Å². The van der Waals surface area contributed by atoms with Gasteiger partial charge >= 0.3 is 0 Å². The second kappa shape index (κ2) is 10.6. The van der Waals surface area contributed by atoms with Crippen molar-refractivity contribution in [2.24, 2.45) is 0 Å². The highest BCUT2D eigenvalue weighted by Crippen LogP contribution is 2.32. The molecule has 1 saturated heterocycles. The van der Waals surface area contributed by atoms with E-state index in [2.05, 4.69) is 4.90 Å². The number of hydrogen-bond donors (Lipinski definition) is 0. The Bertz CT molecular complexity index is 1050. The Hall–Kier alpha value is -2.88. The van der Waals surface area contributed by atoms with Gasteiger partial charge in [-0.3, -0.25) is 14.6 Å². The predicted octanol–water partition coefficient (Wildman–Crippen LogP) is 3.06. The number of morpholine rings is 1. The van der Waals surface area contributed by atoms with Crippen LogP contribution in [0.2, 0.25) is 0 Å². The molecule has 8 nitrogen and oxygen atoms in total. The third kappa shape index (κ3) is 5.29. The highest BCUT2D eigenvalue weighted by atomic mass is 32.1. The number of hydrogen-bond acceptors (Lipinski definition) is 8. The highest BCUT2D eigenvalue weighted by Gasteiger charge is 2.22. The Labute approximate surface area is 191 Å². The van der Waals surface area contributed by atoms with E-state index in [1.165, 1.54) is 11.3 Å². The first-order chi connectivity index (χ1) is 15.7. The number of methoxy groups -OCH3 is 2. The zero-order valence-corrected chi connectivity index (χ0v) is 19.1. The lowest BCUT2D eigenvalue weighted by Gasteiger charge is -2.29. The fraction of sp³-hybridized carbons (Fsp3) is 0.391. The van der Waals surface area contributed by atoms with Crippen LogP contribution in [-0.4, -0.2) is 76.0 Å². The molecular formula is C23H27N3O5S. The van der Waals surface area contributed by atoms with Gasteiger partial charge in [-0.15, -0.1) is 0 Å². The average Bonchev–Trinajstić information content (AvgIpc) is 3.26. The van der Waals surface area contributed by atoms with Crippen molar-refractivity contribution in [2.45, 2.75) is 0 Å². The molecule has 0 aliphatic carbocycles. The summed E-state index contributed by atoms with van der Waals surface area (Å²) in [6.45, 7) is 4.29. The second-order valence-electron chi connectivity index (χ2n) is 7.27. The first kappa shape index (κ1) is 22.3. The van der Waals surface area contributed by atoms with Crippen LogP contribution in [0.1, 0.15) is 0 Å². The number of fused-ring (bicyclic) bond motifs is 1. The first-order valence-electron chi connectivity index (χ1n) is 10.5. The molecule has 0 saturated carbocycles. The minimum absolute atomic E-state index is 0.108. The van der Waals surface area contributed by atoms with E-state index in [1.807, 2.05) is 30.3 Å². The smallest absolute Gasteiger partial charge is 0.266 e. The maximum Gasteiger partial charge on any atom is 0.266 e. The standard InChI is InChI=1S/C23H27N3O5S/c1-28-17-7-8-21-18(15-17)24-23(32-21)26(10-9-25-11-13-30-14-12-25)22(27)16-31-20-6-4-3-5-19(20)29-2/h3-8,15H,9-14,16H2,1-2H3. The van der Waals surface area contributed by atoms with Crippen LogP contribution >= 0.6 is 11.3 Å². The number of thiazole rings is 1. The van der Waals surface area contributed by atoms with Crippen LogP contribution < -0.4 is 19.1 Å². The van der Waals surface area contributed by atoms with Crippen molar-refractivity contribution in [2.75, 3.05) is 65.1 Å². The molecule has 2 heterocycles. The van der Waals surface area contributed by atoms with Crippen LogP contribution in [0.15, 0.2) is 42.5 Å². The summed E-state index contributed by atoms with van der Waals surface area (Å²) < 4.78 is 22.9. The van der Waals surface area contributed by atoms with Crippen molar-refractivity contribution in [3.63, 3.8) is 0 Å². The molecule has 0 unspecified atom stereocenters. The van der Waals surface area contributed by atoms with Gasteiger partial charge in [0.2, 0.25) is 0 Å². The number of anilines is 1. The topological polar surface area (TPSA) is 73.4 Å². The molecule has 1 fully saturated rings. The molecular weight excluding hydrogens is 430 g/mol. The summed E-state index contributed by atoms with van der Waals surface area (Å²) in [5.41, 5.74) is 0.805. The maximum atomic E-state index is 13.2. The summed E-state index contributed by atoms with van der Waals surface area (Å²) in [5.74, 6) is 1.70. The molecule has 0 N–H and O–H groups in total. The number of amides is 1. The monoisotopic (exact) mass is 457 g/mol. The number of para-hydroxylation sites is 2. The molecule has 170 valence electrons. The molecule has 32 heavy (non-hydrogen) atoms. The minimum Gasteiger partial charge on any atom is -0.497 e. The van der Waals surface area contributed by atoms with Gasteiger partial charge in [0.15, 0.2) is 23.2 Å². The second-order valence-corrected chi connectivity index (χ2v) is 8.28. The van der Waals surface area contributed by atoms with Crippen LogP contribution in [0, 0.1) is 0 Å². The minimum atomic E-state index is -0.157. The summed E-state index contributed by atoms with van der Waals surface area (Å²) in [6, 6.07) is 13.0. The molecule has 4 rings (SSSR count). The Morgan fingerprint density at radius 2 is 1.91 bits per heavy atom. The van der Waals surface area contributed by atoms with Gasteiger partial charge in [0.25, 0.3) is 5.91 Å². The van der Waals surface area contributed by atoms with Crippen LogP contribution in [-0.2, 0) is 9.53 Å². The lowest BCUT2D eigenvalue weighted by atomic mass is 10.3. The number of nitrogens with zero attached hydrogens (tertiary/aromatic N) is 3. The van der Waals surface area contributed by atoms with E-state index >= 15 is 0 Å². The van der Waals surface area contributed by atoms with Gasteiger partial charge in [-0.25, -0.2) is 4.98 Å². The van der Waals surface area contributed by atoms with Gasteiger partial charge in [0, 0.05) is 32.2 Å². The largest absolute Gasteiger partial charge is 0.497 e. The number of carbonyl (C=O) groups excluding carboxylic acids is 1. The van der Waals surface area contributed by atoms with Crippen molar-refractivity contribution in [1.82, 2.24) is 9.88 Å². The lowest BCUT2D eigenvalue weighted by molar-refractivity contribution is -0.120. The summed E-state index contributed by atoms with van der Waals surface area (Å²) in [5, 5.41) is 0.648. The Morgan fingerprint density at radius 1 is 1.12 bits per heavy atom. The maximum absolute atomic E-state index is 13.2. The molecule has 9 heteroatoms. The Kier molecular flexibility index (Phi) is 7.41. The third-order valence-electron chi connectivity index (χ3n) is 5.28. The van der Waals surface area contributed by atoms with Crippen LogP contribution in [0.4, 0.5) is 5.13 Å². The van der Waals surface area contributed by atoms with E-state index in [-0.39, 0.29) is 12.5 Å². The molecule has 1 aliphatic rings. The van der Waals surface area contributed by atoms with E-state index in [0.717, 1.165) is 35.6 Å². The van der Waals surface area contributed by atoms with Crippen molar-refractivity contribution < 1.29 is 23.7 Å². The molecule has 1 amide bonds. The highest BCUT2D eigenvalue weighted by molar-refractivity contribution is 7.22. The van der Waals surface area contributed by atoms with Crippen LogP contribution in [0.3, 0.4) is 0 Å². The fourth-order valence-corrected chi connectivity index (χ4v) is 4.48. The third-order valence-corrected chi connectivity index (χ3v) is 6.34. The van der Waals surface area contributed by atoms with Crippen LogP contribution in [0.5, 0.6) is 17.2 Å². The Morgan fingerprint density at radius 3 is 2.66 bits per heavy atom. The summed E-state index contributed by atoms with van der Waals surface area (Å²) in [6.07, 6.45) is 0. The first-order valence-corrected chi connectivity index (χ1v) is 11.3. The normalized spacial score (nSPS) is 14.3. The quantitative estimate of drug-likeness (QED) is 0.489. The zero-order valence-electron chi connectivity index (χ0n) is 18.3. The number of ether oxygens (including phenoxy) is 4. The molecule has 0 spiro atoms. The van der Waals surface area contributed by atoms with Crippen molar-refractivity contribution in [3.8, 4) is 17.2 Å². The number of carbonyl (C=O) groups is 1. The predicted molar refractivity (Wildman–Crippen MR) is 124 cm³/mol. The fourth-order valence-electron chi connectivity index (χ4n) is 3.49. The summed E-state index contributed by atoms with van der Waals surface area (Å²) in [7, 11) is 3.20. The lowest BCUT2D eigenvalue weighted by Crippen LogP contribution is -2.44. The summed E-state index contributed by atoms with van der Waals surface area (Å²) >= 11 is 1.48. The van der Waals surface area contributed by atoms with Gasteiger partial charge in [0.1, 0.15) is 5.75 Å². The van der Waals surface area contributed by atoms with Crippen molar-refractivity contribution in [1.29, 1.82) is 0 Å². The van der Waals surface area contributed by atoms with E-state index in [9.17, 15) is 4.79 Å². The van der Waals surface area contributed by atoms with Gasteiger partial charge in [-0.2, -0.15) is 0 Å². The number of aromatic nitrogens is 1. The average molecular weight is 458 g/mol. The van der Waals surface area contributed by atoms with Crippen molar-refractivity contribution >= 4 is 32.6 Å². The molecule has 2 aromatic carbocycles. The molecule has 1 aromatic heterocycles. The van der Waals surface area contributed by atoms with Gasteiger partial charge in [-0.1, -0.05) is 23.5 Å². The van der Waals surface area contributed by atoms with E-state index in [4.69, 9.17) is 23.9 Å². The molecule has 0 radical (unpaired) electrons. The summed E-state index contributed by atoms with van der Waals surface area (Å²) in [4.78, 5) is 22.0. The molecule has 3 aromatic rings.